The molecule has 0 radical (unpaired) electrons. The zero-order chi connectivity index (χ0) is 15.6. The molecule has 7 heteroatoms. The van der Waals surface area contributed by atoms with Gasteiger partial charge >= 0.3 is 0 Å². The Balaban J connectivity index is 1.97. The normalized spacial score (nSPS) is 25.7. The van der Waals surface area contributed by atoms with Crippen LogP contribution in [0.4, 0.5) is 18.9 Å². The molecule has 1 saturated heterocycles. The molecular weight excluding hydrogens is 285 g/mol. The molecule has 0 bridgehead atoms. The van der Waals surface area contributed by atoms with Crippen LogP contribution in [0.1, 0.15) is 13.8 Å². The van der Waals surface area contributed by atoms with Crippen molar-refractivity contribution >= 4 is 11.6 Å². The monoisotopic (exact) mass is 303 g/mol. The molecule has 1 aromatic rings. The minimum Gasteiger partial charge on any atom is -0.364 e. The van der Waals surface area contributed by atoms with Gasteiger partial charge in [0.1, 0.15) is 25.3 Å². The summed E-state index contributed by atoms with van der Waals surface area (Å²) in [5, 5.41) is 2.27. The Hall–Kier alpha value is -1.60. The number of amides is 1. The average molecular weight is 303 g/mol. The number of nitrogens with one attached hydrogen (secondary N) is 2. The quantitative estimate of drug-likeness (QED) is 0.809. The molecule has 116 valence electrons. The van der Waals surface area contributed by atoms with Crippen LogP contribution in [0.3, 0.4) is 0 Å². The number of quaternary nitrogens is 1. The molecule has 0 saturated carbocycles. The number of carbonyl (C=O) groups excluding carboxylic acids is 1. The molecule has 2 rings (SSSR count). The van der Waals surface area contributed by atoms with Crippen LogP contribution in [0.2, 0.25) is 0 Å². The van der Waals surface area contributed by atoms with Crippen molar-refractivity contribution in [3.63, 3.8) is 0 Å². The van der Waals surface area contributed by atoms with Gasteiger partial charge in [-0.05, 0) is 26.0 Å². The third-order valence-electron chi connectivity index (χ3n) is 3.34. The largest absolute Gasteiger partial charge is 0.364 e. The van der Waals surface area contributed by atoms with E-state index in [4.69, 9.17) is 4.74 Å². The molecule has 1 aliphatic rings. The number of carbonyl (C=O) groups is 1. The van der Waals surface area contributed by atoms with E-state index in [0.717, 1.165) is 17.0 Å². The Morgan fingerprint density at radius 3 is 2.48 bits per heavy atom. The predicted molar refractivity (Wildman–Crippen MR) is 70.5 cm³/mol. The second kappa shape index (κ2) is 6.44. The average Bonchev–Trinajstić information content (AvgIpc) is 2.38. The Morgan fingerprint density at radius 1 is 1.24 bits per heavy atom. The lowest BCUT2D eigenvalue weighted by atomic mass is 10.2. The lowest BCUT2D eigenvalue weighted by Crippen LogP contribution is -3.16. The van der Waals surface area contributed by atoms with Gasteiger partial charge in [0, 0.05) is 0 Å². The highest BCUT2D eigenvalue weighted by Crippen LogP contribution is 2.19. The fourth-order valence-electron chi connectivity index (χ4n) is 2.58. The highest BCUT2D eigenvalue weighted by molar-refractivity contribution is 5.91. The number of hydrogen-bond acceptors (Lipinski definition) is 2. The number of benzene rings is 1. The lowest BCUT2D eigenvalue weighted by Gasteiger charge is -2.31. The molecule has 1 aliphatic heterocycles. The minimum atomic E-state index is -1.59. The van der Waals surface area contributed by atoms with Gasteiger partial charge in [-0.1, -0.05) is 0 Å². The first-order valence-corrected chi connectivity index (χ1v) is 6.79. The van der Waals surface area contributed by atoms with Crippen molar-refractivity contribution in [2.75, 3.05) is 25.0 Å². The zero-order valence-corrected chi connectivity index (χ0v) is 11.9. The van der Waals surface area contributed by atoms with Gasteiger partial charge in [0.2, 0.25) is 0 Å². The van der Waals surface area contributed by atoms with Crippen LogP contribution in [-0.4, -0.2) is 37.7 Å². The number of rotatable bonds is 3. The van der Waals surface area contributed by atoms with Crippen LogP contribution in [0.15, 0.2) is 12.1 Å². The summed E-state index contributed by atoms with van der Waals surface area (Å²) < 4.78 is 44.9. The highest BCUT2D eigenvalue weighted by Gasteiger charge is 2.27. The summed E-state index contributed by atoms with van der Waals surface area (Å²) in [4.78, 5) is 12.9. The maximum atomic E-state index is 13.5. The third-order valence-corrected chi connectivity index (χ3v) is 3.34. The van der Waals surface area contributed by atoms with E-state index in [0.29, 0.717) is 13.1 Å². The molecule has 0 spiro atoms. The van der Waals surface area contributed by atoms with Gasteiger partial charge in [-0.2, -0.15) is 0 Å². The van der Waals surface area contributed by atoms with Crippen LogP contribution < -0.4 is 10.2 Å². The second-order valence-electron chi connectivity index (χ2n) is 5.36. The molecule has 0 unspecified atom stereocenters. The summed E-state index contributed by atoms with van der Waals surface area (Å²) >= 11 is 0. The van der Waals surface area contributed by atoms with Crippen molar-refractivity contribution < 1.29 is 27.6 Å². The van der Waals surface area contributed by atoms with E-state index in [9.17, 15) is 18.0 Å². The Morgan fingerprint density at radius 2 is 1.86 bits per heavy atom. The van der Waals surface area contributed by atoms with E-state index in [1.165, 1.54) is 0 Å². The number of ether oxygens (including phenoxy) is 1. The van der Waals surface area contributed by atoms with E-state index in [1.54, 1.807) is 0 Å². The van der Waals surface area contributed by atoms with E-state index < -0.39 is 23.4 Å². The van der Waals surface area contributed by atoms with Gasteiger partial charge in [-0.15, -0.1) is 0 Å². The lowest BCUT2D eigenvalue weighted by molar-refractivity contribution is -0.907. The molecule has 0 aliphatic carbocycles. The maximum Gasteiger partial charge on any atom is 0.279 e. The topological polar surface area (TPSA) is 42.8 Å². The molecule has 2 atom stereocenters. The number of anilines is 1. The molecular formula is C14H18F3N2O2+. The standard InChI is InChI=1S/C14H17F3N2O2/c1-8-5-19(6-9(2)21-8)7-12(20)18-11-4-3-10(15)13(16)14(11)17/h3-4,8-9H,5-7H2,1-2H3,(H,18,20)/p+1/t8-,9-/m1/s1. The molecule has 21 heavy (non-hydrogen) atoms. The summed E-state index contributed by atoms with van der Waals surface area (Å²) in [5.41, 5.74) is -0.354. The molecule has 1 aromatic carbocycles. The van der Waals surface area contributed by atoms with Crippen LogP contribution in [0.5, 0.6) is 0 Å². The smallest absolute Gasteiger partial charge is 0.279 e. The fourth-order valence-corrected chi connectivity index (χ4v) is 2.58. The summed E-state index contributed by atoms with van der Waals surface area (Å²) in [6, 6.07) is 1.78. The Labute approximate surface area is 120 Å². The Kier molecular flexibility index (Phi) is 4.84. The Bertz CT molecular complexity index is 529. The fraction of sp³-hybridized carbons (Fsp3) is 0.500. The van der Waals surface area contributed by atoms with Crippen molar-refractivity contribution in [3.05, 3.63) is 29.6 Å². The van der Waals surface area contributed by atoms with E-state index in [2.05, 4.69) is 5.32 Å². The van der Waals surface area contributed by atoms with E-state index in [-0.39, 0.29) is 24.4 Å². The van der Waals surface area contributed by atoms with Crippen molar-refractivity contribution in [3.8, 4) is 0 Å². The summed E-state index contributed by atoms with van der Waals surface area (Å²) in [7, 11) is 0. The van der Waals surface area contributed by atoms with Gasteiger partial charge in [0.05, 0.1) is 5.69 Å². The summed E-state index contributed by atoms with van der Waals surface area (Å²) in [6.07, 6.45) is 0.0769. The summed E-state index contributed by atoms with van der Waals surface area (Å²) in [5.74, 6) is -4.71. The van der Waals surface area contributed by atoms with Gasteiger partial charge in [0.25, 0.3) is 5.91 Å². The molecule has 2 N–H and O–H groups in total. The number of halogens is 3. The maximum absolute atomic E-state index is 13.5. The van der Waals surface area contributed by atoms with Gasteiger partial charge in [0.15, 0.2) is 24.0 Å². The first kappa shape index (κ1) is 15.8. The first-order chi connectivity index (χ1) is 9.86. The van der Waals surface area contributed by atoms with Crippen molar-refractivity contribution in [2.24, 2.45) is 0 Å². The van der Waals surface area contributed by atoms with Gasteiger partial charge < -0.3 is 15.0 Å². The summed E-state index contributed by atoms with van der Waals surface area (Å²) in [6.45, 7) is 5.29. The highest BCUT2D eigenvalue weighted by atomic mass is 19.2. The molecule has 4 nitrogen and oxygen atoms in total. The van der Waals surface area contributed by atoms with Crippen molar-refractivity contribution in [1.29, 1.82) is 0 Å². The SMILES string of the molecule is C[C@@H]1C[NH+](CC(=O)Nc2ccc(F)c(F)c2F)C[C@@H](C)O1. The van der Waals surface area contributed by atoms with Gasteiger partial charge in [-0.3, -0.25) is 4.79 Å². The molecule has 1 amide bonds. The van der Waals surface area contributed by atoms with Crippen LogP contribution >= 0.6 is 0 Å². The third kappa shape index (κ3) is 3.95. The molecule has 1 fully saturated rings. The zero-order valence-electron chi connectivity index (χ0n) is 11.9. The van der Waals surface area contributed by atoms with Crippen LogP contribution in [0.25, 0.3) is 0 Å². The predicted octanol–water partition coefficient (Wildman–Crippen LogP) is 0.734. The van der Waals surface area contributed by atoms with Crippen molar-refractivity contribution in [1.82, 2.24) is 0 Å². The molecule has 1 heterocycles. The van der Waals surface area contributed by atoms with Crippen LogP contribution in [0, 0.1) is 17.5 Å². The minimum absolute atomic E-state index is 0.0385. The van der Waals surface area contributed by atoms with Crippen LogP contribution in [-0.2, 0) is 9.53 Å². The molecule has 0 aromatic heterocycles. The van der Waals surface area contributed by atoms with E-state index >= 15 is 0 Å². The first-order valence-electron chi connectivity index (χ1n) is 6.79. The van der Waals surface area contributed by atoms with Crippen molar-refractivity contribution in [2.45, 2.75) is 26.1 Å². The second-order valence-corrected chi connectivity index (χ2v) is 5.36. The number of morpholine rings is 1. The van der Waals surface area contributed by atoms with E-state index in [1.807, 2.05) is 13.8 Å². The number of hydrogen-bond donors (Lipinski definition) is 2. The van der Waals surface area contributed by atoms with Gasteiger partial charge in [-0.25, -0.2) is 13.2 Å².